The summed E-state index contributed by atoms with van der Waals surface area (Å²) >= 11 is 0.506. The summed E-state index contributed by atoms with van der Waals surface area (Å²) in [5.74, 6) is -1.88. The predicted molar refractivity (Wildman–Crippen MR) is 311 cm³/mol. The van der Waals surface area contributed by atoms with E-state index in [1.54, 1.807) is 6.92 Å². The number of carbonyl (C=O) groups is 9. The number of carboxylic acids is 5. The molecule has 3 heterocycles. The van der Waals surface area contributed by atoms with E-state index in [1.807, 2.05) is 32.5 Å². The maximum absolute atomic E-state index is 11.1. The van der Waals surface area contributed by atoms with E-state index >= 15 is 0 Å². The summed E-state index contributed by atoms with van der Waals surface area (Å²) < 4.78 is 22.8. The number of thioether (sulfide) groups is 2. The second-order valence-electron chi connectivity index (χ2n) is 18.0. The van der Waals surface area contributed by atoms with E-state index in [2.05, 4.69) is 21.3 Å². The number of nitrogens with two attached hydrogens (primary N) is 3. The Hall–Kier alpha value is -3.07. The van der Waals surface area contributed by atoms with E-state index in [0.717, 1.165) is 108 Å². The second kappa shape index (κ2) is 50.4. The zero-order chi connectivity index (χ0) is 58.4. The fraction of sp³-hybridized carbons (Fsp3) is 0.809. The number of carbonyl (C=O) groups excluding carboxylic acids is 4. The number of rotatable bonds is 34. The molecule has 75 heavy (non-hydrogen) atoms. The molecule has 16 N–H and O–H groups in total. The average Bonchev–Trinajstić information content (AvgIpc) is 4.01. The van der Waals surface area contributed by atoms with Crippen LogP contribution in [0, 0.1) is 3.56 Å². The number of amides is 4. The topological polar surface area (TPSA) is 422 Å². The van der Waals surface area contributed by atoms with Crippen molar-refractivity contribution in [2.24, 2.45) is 17.2 Å². The fourth-order valence-electron chi connectivity index (χ4n) is 7.09. The number of carboxylic acid groups (broad SMARTS) is 5. The first-order chi connectivity index (χ1) is 35.8. The third-order valence-corrected chi connectivity index (χ3v) is 16.9. The van der Waals surface area contributed by atoms with Gasteiger partial charge < -0.3 is 64.0 Å². The summed E-state index contributed by atoms with van der Waals surface area (Å²) in [5.41, 5.74) is 16.7. The third-order valence-electron chi connectivity index (χ3n) is 11.3. The average molecular weight is 1340 g/mol. The molecule has 3 fully saturated rings. The molecule has 0 aromatic heterocycles. The van der Waals surface area contributed by atoms with Crippen molar-refractivity contribution in [3.8, 4) is 0 Å². The zero-order valence-corrected chi connectivity index (χ0v) is 50.2. The standard InChI is InChI=1S/C10H16N2O3S.C10H18N2O3.C9H20N2O2.C9H17NO3.C9H16O3S.BH2I2NO/c13-8(14)4-2-1-3-7-9-6(5-16-7)11-10(15)12-9;1-7-8(12-10(15)11-7)5-3-2-4-6-9(13)14;2*1-7(10)8(11)5-3-2-4-6-9(12)13;1-2-13-9(12)7-5-3-4-6-8(10)11;4-3-2-1-5/h6-7,9H,1-5H2,(H,13,14)(H2,11,12,15);7-8H,2-6H2,1H3,(H,13,14)(H2,11,12,15);7-8H,2-6,10-11H2,1H3,(H,12,13);7H,2-6,10H2,1H3,(H,12,13);2-7H2,1H3,(H,10,11);2,4H/i;;;;;2T. The first-order valence-corrected chi connectivity index (χ1v) is 36.2. The molecule has 3 aliphatic rings. The first-order valence-electron chi connectivity index (χ1n) is 26.0. The summed E-state index contributed by atoms with van der Waals surface area (Å²) in [5, 5.41) is 54.7. The van der Waals surface area contributed by atoms with Crippen LogP contribution in [-0.2, 0) is 38.3 Å². The fourth-order valence-corrected chi connectivity index (χ4v) is 9.99. The number of urea groups is 2. The number of aliphatic carboxylic acids is 5. The van der Waals surface area contributed by atoms with E-state index in [4.69, 9.17) is 46.9 Å². The van der Waals surface area contributed by atoms with Crippen LogP contribution in [0.3, 0.4) is 0 Å². The van der Waals surface area contributed by atoms with Crippen molar-refractivity contribution < 1.29 is 73.4 Å². The van der Waals surface area contributed by atoms with Crippen LogP contribution in [0.15, 0.2) is 0 Å². The van der Waals surface area contributed by atoms with Gasteiger partial charge in [-0.05, 0) is 90.7 Å². The number of hydrogen-bond donors (Lipinski definition) is 13. The molecule has 4 amide bonds. The molecule has 3 rings (SSSR count). The summed E-state index contributed by atoms with van der Waals surface area (Å²) in [4.78, 5) is 95.0. The molecule has 0 aromatic rings. The number of halogens is 2. The van der Waals surface area contributed by atoms with Gasteiger partial charge in [0.1, 0.15) is 5.78 Å². The molecule has 3 saturated heterocycles. The van der Waals surface area contributed by atoms with Gasteiger partial charge in [-0.25, -0.2) is 9.59 Å². The van der Waals surface area contributed by atoms with Gasteiger partial charge in [-0.2, -0.15) is 11.8 Å². The Morgan fingerprint density at radius 3 is 1.55 bits per heavy atom. The van der Waals surface area contributed by atoms with Gasteiger partial charge in [0.05, 0.1) is 24.2 Å². The summed E-state index contributed by atoms with van der Waals surface area (Å²) in [6, 6.07) is 0.399. The number of nitrogens with one attached hydrogen (secondary N) is 5. The third kappa shape index (κ3) is 50.2. The van der Waals surface area contributed by atoms with Crippen molar-refractivity contribution in [3.05, 3.63) is 0 Å². The van der Waals surface area contributed by atoms with Gasteiger partial charge in [0.2, 0.25) is 0 Å². The Balaban J connectivity index is -0.000000856. The number of Topliss-reactive ketones (excluding diaryl/α,β-unsaturated/α-hetero) is 1. The molecule has 23 nitrogen and oxygen atoms in total. The van der Waals surface area contributed by atoms with Crippen molar-refractivity contribution >= 4 is 115 Å². The molecule has 28 heteroatoms. The Labute approximate surface area is 468 Å². The first kappa shape index (κ1) is 74.0. The van der Waals surface area contributed by atoms with Crippen LogP contribution >= 0.6 is 57.4 Å². The minimum atomic E-state index is -1.95. The molecule has 0 spiro atoms. The summed E-state index contributed by atoms with van der Waals surface area (Å²) in [7, 11) is 0. The monoisotopic (exact) mass is 1340 g/mol. The van der Waals surface area contributed by atoms with Crippen molar-refractivity contribution in [2.75, 3.05) is 11.5 Å². The van der Waals surface area contributed by atoms with Crippen LogP contribution in [0.5, 0.6) is 0 Å². The second-order valence-corrected chi connectivity index (χ2v) is 27.9. The van der Waals surface area contributed by atoms with Crippen LogP contribution < -0.4 is 38.5 Å². The van der Waals surface area contributed by atoms with Crippen LogP contribution in [-0.4, -0.2) is 143 Å². The molecule has 0 radical (unpaired) electrons. The van der Waals surface area contributed by atoms with Crippen molar-refractivity contribution in [2.45, 2.75) is 229 Å². The Bertz CT molecular complexity index is 1720. The van der Waals surface area contributed by atoms with Gasteiger partial charge in [0.25, 0.3) is 0 Å². The summed E-state index contributed by atoms with van der Waals surface area (Å²) in [6.45, 7) is 7.48. The Morgan fingerprint density at radius 2 is 1.13 bits per heavy atom. The van der Waals surface area contributed by atoms with E-state index in [0.29, 0.717) is 35.9 Å². The number of hydrogen-bond acceptors (Lipinski definition) is 16. The maximum atomic E-state index is 11.1. The van der Waals surface area contributed by atoms with Crippen molar-refractivity contribution in [1.82, 2.24) is 21.3 Å². The van der Waals surface area contributed by atoms with Crippen LogP contribution in [0.4, 0.5) is 9.59 Å². The summed E-state index contributed by atoms with van der Waals surface area (Å²) in [6.07, 6.45) is 16.4. The molecule has 0 aliphatic carbocycles. The molecule has 3 aliphatic heterocycles. The van der Waals surface area contributed by atoms with Gasteiger partial charge in [0, 0.05) is 74.1 Å². The zero-order valence-electron chi connectivity index (χ0n) is 45.2. The van der Waals surface area contributed by atoms with Crippen LogP contribution in [0.1, 0.15) is 182 Å². The number of unbranched alkanes of at least 4 members (excludes halogenated alkanes) is 9. The van der Waals surface area contributed by atoms with Crippen molar-refractivity contribution in [3.63, 3.8) is 0 Å². The normalized spacial score (nSPS) is 19.1. The van der Waals surface area contributed by atoms with E-state index in [-0.39, 0.29) is 97.4 Å². The Morgan fingerprint density at radius 1 is 0.693 bits per heavy atom. The Kier molecular flexibility index (Phi) is 49.8. The molecule has 0 saturated carbocycles. The van der Waals surface area contributed by atoms with Crippen LogP contribution in [0.25, 0.3) is 0 Å². The molecular weight excluding hydrogens is 1250 g/mol. The molecule has 0 aromatic carbocycles. The van der Waals surface area contributed by atoms with Gasteiger partial charge in [-0.15, -0.1) is 0 Å². The van der Waals surface area contributed by atoms with Gasteiger partial charge in [-0.3, -0.25) is 33.6 Å². The van der Waals surface area contributed by atoms with E-state index < -0.39 is 63.7 Å². The molecule has 8 unspecified atom stereocenters. The van der Waals surface area contributed by atoms with Crippen molar-refractivity contribution in [1.29, 1.82) is 4.16 Å². The predicted octanol–water partition coefficient (Wildman–Crippen LogP) is 7.13. The van der Waals surface area contributed by atoms with Gasteiger partial charge in [0.15, 0.2) is 5.12 Å². The number of ketones is 1. The SMILES string of the molecule is CC(N)C(=O)CCCCCC(=O)O.CC(N)C(N)CCCCCC(=O)O.CC1NC(=O)NC1CCCCCC(=O)O.CCSC(=O)CCCCCC(=O)O.O=C(O)CCCCC1SCC2NC(=O)NC21.[3H]I(B=O)I=N. The molecule has 0 bridgehead atoms. The van der Waals surface area contributed by atoms with Crippen LogP contribution in [0.2, 0.25) is 0 Å². The molecular formula is C47H89BI2N8O15S2. The molecule has 436 valence electrons. The van der Waals surface area contributed by atoms with Gasteiger partial charge in [-0.1, -0.05) is 63.6 Å². The minimum absolute atomic E-state index is 0.0273. The quantitative estimate of drug-likeness (QED) is 0.0132. The number of fused-ring (bicyclic) bond motifs is 1. The molecule has 8 atom stereocenters. The van der Waals surface area contributed by atoms with E-state index in [9.17, 15) is 47.9 Å². The van der Waals surface area contributed by atoms with E-state index in [1.165, 1.54) is 11.8 Å². The van der Waals surface area contributed by atoms with Gasteiger partial charge >= 0.3 is 89.6 Å².